The van der Waals surface area contributed by atoms with Crippen molar-refractivity contribution in [3.63, 3.8) is 0 Å². The molecule has 0 aliphatic carbocycles. The fraction of sp³-hybridized carbons (Fsp3) is 0.467. The molecule has 6 nitrogen and oxygen atoms in total. The van der Waals surface area contributed by atoms with Crippen molar-refractivity contribution in [1.29, 1.82) is 0 Å². The van der Waals surface area contributed by atoms with Crippen LogP contribution in [0.5, 0.6) is 0 Å². The second kappa shape index (κ2) is 7.27. The molecule has 0 radical (unpaired) electrons. The summed E-state index contributed by atoms with van der Waals surface area (Å²) in [5.74, 6) is 3.44. The van der Waals surface area contributed by atoms with Crippen LogP contribution in [0, 0.1) is 5.92 Å². The number of nitrogens with zero attached hydrogens (tertiary/aromatic N) is 5. The van der Waals surface area contributed by atoms with Crippen LogP contribution in [0.25, 0.3) is 10.7 Å². The Morgan fingerprint density at radius 3 is 2.91 bits per heavy atom. The minimum absolute atomic E-state index is 0.518. The minimum atomic E-state index is 0.518. The fourth-order valence-electron chi connectivity index (χ4n) is 2.19. The second-order valence-corrected chi connectivity index (χ2v) is 7.41. The highest BCUT2D eigenvalue weighted by atomic mass is 32.2. The molecular formula is C15H19N5OS2. The van der Waals surface area contributed by atoms with Crippen LogP contribution in [0.4, 0.5) is 0 Å². The van der Waals surface area contributed by atoms with E-state index in [1.165, 1.54) is 0 Å². The lowest BCUT2D eigenvalue weighted by Crippen LogP contribution is -1.99. The molecule has 0 fully saturated rings. The molecular weight excluding hydrogens is 330 g/mol. The van der Waals surface area contributed by atoms with E-state index in [2.05, 4.69) is 51.7 Å². The molecule has 0 amide bonds. The summed E-state index contributed by atoms with van der Waals surface area (Å²) >= 11 is 3.24. The predicted molar refractivity (Wildman–Crippen MR) is 91.4 cm³/mol. The summed E-state index contributed by atoms with van der Waals surface area (Å²) < 4.78 is 7.42. The van der Waals surface area contributed by atoms with Gasteiger partial charge in [0.1, 0.15) is 0 Å². The molecule has 0 unspecified atom stereocenters. The van der Waals surface area contributed by atoms with Crippen molar-refractivity contribution < 1.29 is 4.52 Å². The Balaban J connectivity index is 1.70. The summed E-state index contributed by atoms with van der Waals surface area (Å²) in [6, 6.07) is 4.08. The molecule has 0 saturated carbocycles. The molecule has 0 bridgehead atoms. The van der Waals surface area contributed by atoms with Gasteiger partial charge in [0.25, 0.3) is 0 Å². The quantitative estimate of drug-likeness (QED) is 0.603. The Morgan fingerprint density at radius 2 is 2.22 bits per heavy atom. The van der Waals surface area contributed by atoms with E-state index in [-0.39, 0.29) is 0 Å². The summed E-state index contributed by atoms with van der Waals surface area (Å²) in [7, 11) is 0. The Bertz CT molecular complexity index is 748. The zero-order chi connectivity index (χ0) is 16.2. The van der Waals surface area contributed by atoms with E-state index in [9.17, 15) is 0 Å². The van der Waals surface area contributed by atoms with Crippen LogP contribution in [0.3, 0.4) is 0 Å². The van der Waals surface area contributed by atoms with Crippen LogP contribution in [0.2, 0.25) is 0 Å². The fourth-order valence-corrected chi connectivity index (χ4v) is 3.75. The summed E-state index contributed by atoms with van der Waals surface area (Å²) in [4.78, 5) is 5.55. The van der Waals surface area contributed by atoms with Crippen LogP contribution in [0.1, 0.15) is 32.5 Å². The van der Waals surface area contributed by atoms with Crippen LogP contribution in [-0.4, -0.2) is 24.9 Å². The van der Waals surface area contributed by atoms with Gasteiger partial charge in [-0.2, -0.15) is 4.98 Å². The van der Waals surface area contributed by atoms with Gasteiger partial charge in [0.15, 0.2) is 16.8 Å². The zero-order valence-corrected chi connectivity index (χ0v) is 15.0. The number of thiophene rings is 1. The van der Waals surface area contributed by atoms with Gasteiger partial charge < -0.3 is 9.09 Å². The average molecular weight is 349 g/mol. The molecule has 3 rings (SSSR count). The summed E-state index contributed by atoms with van der Waals surface area (Å²) in [6.45, 7) is 7.20. The largest absolute Gasteiger partial charge is 0.338 e. The lowest BCUT2D eigenvalue weighted by Gasteiger charge is -2.04. The van der Waals surface area contributed by atoms with Crippen molar-refractivity contribution in [2.45, 2.75) is 44.6 Å². The molecule has 8 heteroatoms. The summed E-state index contributed by atoms with van der Waals surface area (Å²) in [6.07, 6.45) is 0.835. The third-order valence-corrected chi connectivity index (χ3v) is 5.02. The molecule has 0 spiro atoms. The molecule has 3 heterocycles. The Labute approximate surface area is 143 Å². The van der Waals surface area contributed by atoms with Crippen LogP contribution >= 0.6 is 23.1 Å². The lowest BCUT2D eigenvalue weighted by atomic mass is 10.1. The van der Waals surface area contributed by atoms with Gasteiger partial charge >= 0.3 is 0 Å². The molecule has 122 valence electrons. The average Bonchev–Trinajstić information content (AvgIpc) is 3.24. The maximum Gasteiger partial charge on any atom is 0.237 e. The normalized spacial score (nSPS) is 11.5. The highest BCUT2D eigenvalue weighted by molar-refractivity contribution is 7.98. The Hall–Kier alpha value is -1.67. The van der Waals surface area contributed by atoms with E-state index in [0.717, 1.165) is 34.6 Å². The first kappa shape index (κ1) is 16.2. The third kappa shape index (κ3) is 3.81. The molecule has 23 heavy (non-hydrogen) atoms. The first-order chi connectivity index (χ1) is 11.2. The highest BCUT2D eigenvalue weighted by Crippen LogP contribution is 2.28. The van der Waals surface area contributed by atoms with Gasteiger partial charge in [-0.1, -0.05) is 36.8 Å². The second-order valence-electron chi connectivity index (χ2n) is 5.52. The predicted octanol–water partition coefficient (Wildman–Crippen LogP) is 3.90. The number of hydrogen-bond donors (Lipinski definition) is 0. The van der Waals surface area contributed by atoms with E-state index in [0.29, 0.717) is 17.6 Å². The molecule has 0 atom stereocenters. The topological polar surface area (TPSA) is 69.6 Å². The smallest absolute Gasteiger partial charge is 0.237 e. The number of thioether (sulfide) groups is 1. The maximum absolute atomic E-state index is 5.30. The minimum Gasteiger partial charge on any atom is -0.338 e. The SMILES string of the molecule is CCn1c(SCc2nc(CC(C)C)no2)nnc1-c1cccs1. The van der Waals surface area contributed by atoms with Crippen molar-refractivity contribution in [3.8, 4) is 10.7 Å². The van der Waals surface area contributed by atoms with Gasteiger partial charge in [-0.15, -0.1) is 21.5 Å². The standard InChI is InChI=1S/C15H19N5OS2/c1-4-20-14(11-6-5-7-22-11)17-18-15(20)23-9-13-16-12(19-21-13)8-10(2)3/h5-7,10H,4,8-9H2,1-3H3. The first-order valence-corrected chi connectivity index (χ1v) is 9.45. The maximum atomic E-state index is 5.30. The van der Waals surface area contributed by atoms with Crippen molar-refractivity contribution >= 4 is 23.1 Å². The van der Waals surface area contributed by atoms with Crippen molar-refractivity contribution in [2.24, 2.45) is 5.92 Å². The van der Waals surface area contributed by atoms with Gasteiger partial charge in [0.2, 0.25) is 5.89 Å². The molecule has 3 aromatic heterocycles. The van der Waals surface area contributed by atoms with Crippen LogP contribution in [-0.2, 0) is 18.7 Å². The van der Waals surface area contributed by atoms with Crippen molar-refractivity contribution in [1.82, 2.24) is 24.9 Å². The first-order valence-electron chi connectivity index (χ1n) is 7.58. The highest BCUT2D eigenvalue weighted by Gasteiger charge is 2.15. The molecule has 0 saturated heterocycles. The van der Waals surface area contributed by atoms with E-state index in [1.54, 1.807) is 23.1 Å². The summed E-state index contributed by atoms with van der Waals surface area (Å²) in [5, 5.41) is 15.6. The monoisotopic (exact) mass is 349 g/mol. The molecule has 0 aliphatic heterocycles. The molecule has 0 aliphatic rings. The third-order valence-electron chi connectivity index (χ3n) is 3.20. The van der Waals surface area contributed by atoms with Crippen LogP contribution in [0.15, 0.2) is 27.2 Å². The van der Waals surface area contributed by atoms with Gasteiger partial charge in [0, 0.05) is 13.0 Å². The molecule has 0 N–H and O–H groups in total. The van der Waals surface area contributed by atoms with E-state index >= 15 is 0 Å². The van der Waals surface area contributed by atoms with Crippen molar-refractivity contribution in [3.05, 3.63) is 29.2 Å². The van der Waals surface area contributed by atoms with E-state index < -0.39 is 0 Å². The Morgan fingerprint density at radius 1 is 1.35 bits per heavy atom. The summed E-state index contributed by atoms with van der Waals surface area (Å²) in [5.41, 5.74) is 0. The lowest BCUT2D eigenvalue weighted by molar-refractivity contribution is 0.382. The van der Waals surface area contributed by atoms with Gasteiger partial charge in [-0.05, 0) is 24.3 Å². The van der Waals surface area contributed by atoms with E-state index in [1.807, 2.05) is 11.4 Å². The van der Waals surface area contributed by atoms with Crippen LogP contribution < -0.4 is 0 Å². The van der Waals surface area contributed by atoms with Gasteiger partial charge in [-0.25, -0.2) is 0 Å². The molecule has 3 aromatic rings. The Kier molecular flexibility index (Phi) is 5.12. The number of rotatable bonds is 7. The van der Waals surface area contributed by atoms with E-state index in [4.69, 9.17) is 4.52 Å². The van der Waals surface area contributed by atoms with Gasteiger partial charge in [0.05, 0.1) is 10.6 Å². The number of hydrogen-bond acceptors (Lipinski definition) is 7. The number of aromatic nitrogens is 5. The van der Waals surface area contributed by atoms with Gasteiger partial charge in [-0.3, -0.25) is 0 Å². The zero-order valence-electron chi connectivity index (χ0n) is 13.4. The molecule has 0 aromatic carbocycles. The van der Waals surface area contributed by atoms with Crippen molar-refractivity contribution in [2.75, 3.05) is 0 Å².